The van der Waals surface area contributed by atoms with E-state index in [2.05, 4.69) is 21.6 Å². The number of nitrogens with zero attached hydrogens (tertiary/aromatic N) is 3. The molecule has 1 amide bonds. The van der Waals surface area contributed by atoms with Crippen molar-refractivity contribution < 1.29 is 4.79 Å². The van der Waals surface area contributed by atoms with Gasteiger partial charge in [-0.3, -0.25) is 4.79 Å². The minimum atomic E-state index is -0.00985. The number of nitrogens with one attached hydrogen (secondary N) is 1. The van der Waals surface area contributed by atoms with Gasteiger partial charge in [-0.15, -0.1) is 10.2 Å². The first-order chi connectivity index (χ1) is 10.5. The summed E-state index contributed by atoms with van der Waals surface area (Å²) in [4.78, 5) is 12.5. The molecule has 0 aliphatic carbocycles. The SMILES string of the molecule is CCn1cnnc1CCNC(=O)c1c(C)c(C)cc(C)c1C. The highest BCUT2D eigenvalue weighted by molar-refractivity contribution is 5.97. The molecule has 0 fully saturated rings. The van der Waals surface area contributed by atoms with Crippen LogP contribution in [0.2, 0.25) is 0 Å². The number of carbonyl (C=O) groups is 1. The molecule has 0 saturated heterocycles. The Labute approximate surface area is 131 Å². The Balaban J connectivity index is 2.07. The quantitative estimate of drug-likeness (QED) is 0.923. The first kappa shape index (κ1) is 16.2. The first-order valence-corrected chi connectivity index (χ1v) is 7.68. The van der Waals surface area contributed by atoms with Crippen LogP contribution in [0.25, 0.3) is 0 Å². The Bertz CT molecular complexity index is 662. The largest absolute Gasteiger partial charge is 0.352 e. The number of aryl methyl sites for hydroxylation is 3. The summed E-state index contributed by atoms with van der Waals surface area (Å²) in [6.45, 7) is 11.5. The van der Waals surface area contributed by atoms with Crippen LogP contribution in [0.15, 0.2) is 12.4 Å². The standard InChI is InChI=1S/C17H24N4O/c1-6-21-10-19-20-15(21)7-8-18-17(22)16-13(4)11(2)9-12(3)14(16)5/h9-10H,6-8H2,1-5H3,(H,18,22). The molecule has 2 rings (SSSR count). The van der Waals surface area contributed by atoms with Crippen molar-refractivity contribution in [3.63, 3.8) is 0 Å². The lowest BCUT2D eigenvalue weighted by Crippen LogP contribution is -2.28. The van der Waals surface area contributed by atoms with Crippen LogP contribution in [0, 0.1) is 27.7 Å². The van der Waals surface area contributed by atoms with Crippen molar-refractivity contribution in [1.82, 2.24) is 20.1 Å². The summed E-state index contributed by atoms with van der Waals surface area (Å²) in [6, 6.07) is 2.13. The smallest absolute Gasteiger partial charge is 0.251 e. The van der Waals surface area contributed by atoms with E-state index >= 15 is 0 Å². The molecule has 118 valence electrons. The van der Waals surface area contributed by atoms with E-state index in [1.54, 1.807) is 6.33 Å². The summed E-state index contributed by atoms with van der Waals surface area (Å²) >= 11 is 0. The predicted molar refractivity (Wildman–Crippen MR) is 87.1 cm³/mol. The molecular formula is C17H24N4O. The summed E-state index contributed by atoms with van der Waals surface area (Å²) < 4.78 is 1.99. The first-order valence-electron chi connectivity index (χ1n) is 7.68. The second-order valence-corrected chi connectivity index (χ2v) is 5.67. The summed E-state index contributed by atoms with van der Waals surface area (Å²) in [6.07, 6.45) is 2.40. The van der Waals surface area contributed by atoms with Crippen LogP contribution in [0.1, 0.15) is 45.4 Å². The molecule has 0 bridgehead atoms. The van der Waals surface area contributed by atoms with Gasteiger partial charge in [-0.2, -0.15) is 0 Å². The van der Waals surface area contributed by atoms with Crippen molar-refractivity contribution in [2.45, 2.75) is 47.6 Å². The fourth-order valence-corrected chi connectivity index (χ4v) is 2.67. The third-order valence-corrected chi connectivity index (χ3v) is 4.26. The number of hydrogen-bond donors (Lipinski definition) is 1. The van der Waals surface area contributed by atoms with Crippen molar-refractivity contribution in [2.24, 2.45) is 0 Å². The molecule has 1 aromatic heterocycles. The van der Waals surface area contributed by atoms with Gasteiger partial charge >= 0.3 is 0 Å². The van der Waals surface area contributed by atoms with Gasteiger partial charge in [-0.05, 0) is 56.9 Å². The molecule has 1 N–H and O–H groups in total. The minimum Gasteiger partial charge on any atom is -0.352 e. The zero-order chi connectivity index (χ0) is 16.3. The molecule has 0 aliphatic rings. The number of aromatic nitrogens is 3. The monoisotopic (exact) mass is 300 g/mol. The Morgan fingerprint density at radius 1 is 1.18 bits per heavy atom. The van der Waals surface area contributed by atoms with Crippen LogP contribution in [0.4, 0.5) is 0 Å². The predicted octanol–water partition coefficient (Wildman–Crippen LogP) is 2.50. The van der Waals surface area contributed by atoms with Crippen molar-refractivity contribution in [3.8, 4) is 0 Å². The Morgan fingerprint density at radius 2 is 1.82 bits per heavy atom. The van der Waals surface area contributed by atoms with Crippen molar-refractivity contribution >= 4 is 5.91 Å². The second-order valence-electron chi connectivity index (χ2n) is 5.67. The molecule has 0 spiro atoms. The van der Waals surface area contributed by atoms with Crippen molar-refractivity contribution in [3.05, 3.63) is 46.0 Å². The van der Waals surface area contributed by atoms with Gasteiger partial charge in [0.1, 0.15) is 12.2 Å². The highest BCUT2D eigenvalue weighted by Crippen LogP contribution is 2.21. The minimum absolute atomic E-state index is 0.00985. The maximum atomic E-state index is 12.5. The van der Waals surface area contributed by atoms with E-state index in [4.69, 9.17) is 0 Å². The molecule has 0 saturated carbocycles. The summed E-state index contributed by atoms with van der Waals surface area (Å²) in [7, 11) is 0. The highest BCUT2D eigenvalue weighted by Gasteiger charge is 2.15. The number of amides is 1. The number of carbonyl (C=O) groups excluding carboxylic acids is 1. The molecule has 1 aromatic carbocycles. The molecule has 5 nitrogen and oxygen atoms in total. The van der Waals surface area contributed by atoms with E-state index < -0.39 is 0 Å². The summed E-state index contributed by atoms with van der Waals surface area (Å²) in [5.41, 5.74) is 5.21. The zero-order valence-corrected chi connectivity index (χ0v) is 14.0. The second kappa shape index (κ2) is 6.73. The normalized spacial score (nSPS) is 10.8. The Morgan fingerprint density at radius 3 is 2.41 bits per heavy atom. The van der Waals surface area contributed by atoms with Crippen LogP contribution in [-0.4, -0.2) is 27.2 Å². The van der Waals surface area contributed by atoms with Gasteiger partial charge in [0.15, 0.2) is 0 Å². The van der Waals surface area contributed by atoms with Gasteiger partial charge in [0.05, 0.1) is 0 Å². The lowest BCUT2D eigenvalue weighted by atomic mass is 9.94. The Hall–Kier alpha value is -2.17. The molecule has 0 radical (unpaired) electrons. The van der Waals surface area contributed by atoms with Crippen molar-refractivity contribution in [1.29, 1.82) is 0 Å². The third-order valence-electron chi connectivity index (χ3n) is 4.26. The zero-order valence-electron chi connectivity index (χ0n) is 14.0. The van der Waals surface area contributed by atoms with Crippen LogP contribution in [0.3, 0.4) is 0 Å². The molecule has 2 aromatic rings. The van der Waals surface area contributed by atoms with E-state index in [1.165, 1.54) is 0 Å². The van der Waals surface area contributed by atoms with E-state index in [-0.39, 0.29) is 5.91 Å². The van der Waals surface area contributed by atoms with Gasteiger partial charge in [0, 0.05) is 25.1 Å². The van der Waals surface area contributed by atoms with Crippen molar-refractivity contribution in [2.75, 3.05) is 6.54 Å². The van der Waals surface area contributed by atoms with Gasteiger partial charge in [0.2, 0.25) is 0 Å². The van der Waals surface area contributed by atoms with E-state index in [1.807, 2.05) is 39.2 Å². The fraction of sp³-hybridized carbons (Fsp3) is 0.471. The number of hydrogen-bond acceptors (Lipinski definition) is 3. The number of rotatable bonds is 5. The van der Waals surface area contributed by atoms with E-state index in [0.717, 1.165) is 40.2 Å². The Kier molecular flexibility index (Phi) is 4.96. The van der Waals surface area contributed by atoms with Gasteiger partial charge in [0.25, 0.3) is 5.91 Å². The van der Waals surface area contributed by atoms with Crippen LogP contribution in [-0.2, 0) is 13.0 Å². The summed E-state index contributed by atoms with van der Waals surface area (Å²) in [5.74, 6) is 0.890. The topological polar surface area (TPSA) is 59.8 Å². The maximum Gasteiger partial charge on any atom is 0.251 e. The van der Waals surface area contributed by atoms with Gasteiger partial charge in [-0.1, -0.05) is 6.07 Å². The number of benzene rings is 1. The van der Waals surface area contributed by atoms with Crippen LogP contribution >= 0.6 is 0 Å². The molecule has 5 heteroatoms. The molecule has 0 unspecified atom stereocenters. The third kappa shape index (κ3) is 3.18. The summed E-state index contributed by atoms with van der Waals surface area (Å²) in [5, 5.41) is 11.0. The molecule has 0 atom stereocenters. The van der Waals surface area contributed by atoms with E-state index in [0.29, 0.717) is 13.0 Å². The van der Waals surface area contributed by atoms with Gasteiger partial charge in [-0.25, -0.2) is 0 Å². The maximum absolute atomic E-state index is 12.5. The molecular weight excluding hydrogens is 276 g/mol. The average Bonchev–Trinajstić information content (AvgIpc) is 2.93. The van der Waals surface area contributed by atoms with E-state index in [9.17, 15) is 4.79 Å². The van der Waals surface area contributed by atoms with Crippen LogP contribution in [0.5, 0.6) is 0 Å². The average molecular weight is 300 g/mol. The molecule has 0 aliphatic heterocycles. The molecule has 22 heavy (non-hydrogen) atoms. The van der Waals surface area contributed by atoms with Gasteiger partial charge < -0.3 is 9.88 Å². The molecule has 1 heterocycles. The lowest BCUT2D eigenvalue weighted by Gasteiger charge is -2.15. The fourth-order valence-electron chi connectivity index (χ4n) is 2.67. The van der Waals surface area contributed by atoms with Crippen LogP contribution < -0.4 is 5.32 Å². The lowest BCUT2D eigenvalue weighted by molar-refractivity contribution is 0.0952. The highest BCUT2D eigenvalue weighted by atomic mass is 16.1.